The van der Waals surface area contributed by atoms with Crippen LogP contribution in [0.5, 0.6) is 11.5 Å². The molecular weight excluding hydrogens is 500 g/mol. The van der Waals surface area contributed by atoms with Gasteiger partial charge in [-0.25, -0.2) is 0 Å². The Kier molecular flexibility index (Phi) is 5.98. The minimum Gasteiger partial charge on any atom is -0.468 e. The molecule has 0 bridgehead atoms. The van der Waals surface area contributed by atoms with Gasteiger partial charge >= 0.3 is 12.3 Å². The Bertz CT molecular complexity index is 1590. The van der Waals surface area contributed by atoms with Gasteiger partial charge in [-0.05, 0) is 55.2 Å². The molecule has 2 aromatic heterocycles. The maximum absolute atomic E-state index is 13.4. The third-order valence-corrected chi connectivity index (χ3v) is 6.74. The third-order valence-electron chi connectivity index (χ3n) is 6.74. The number of ether oxygens (including phenoxy) is 3. The van der Waals surface area contributed by atoms with Crippen molar-refractivity contribution in [1.29, 1.82) is 5.26 Å². The lowest BCUT2D eigenvalue weighted by Crippen LogP contribution is -2.26. The summed E-state index contributed by atoms with van der Waals surface area (Å²) in [6, 6.07) is 11.1. The molecule has 1 aromatic carbocycles. The molecule has 2 aliphatic rings. The van der Waals surface area contributed by atoms with Gasteiger partial charge in [-0.1, -0.05) is 12.1 Å². The minimum atomic E-state index is -3.74. The average Bonchev–Trinajstić information content (AvgIpc) is 3.63. The summed E-state index contributed by atoms with van der Waals surface area (Å²) in [4.78, 5) is 42.3. The highest BCUT2D eigenvalue weighted by Gasteiger charge is 2.52. The van der Waals surface area contributed by atoms with E-state index >= 15 is 0 Å². The van der Waals surface area contributed by atoms with E-state index < -0.39 is 23.2 Å². The molecule has 11 heteroatoms. The van der Waals surface area contributed by atoms with Crippen LogP contribution in [0.15, 0.2) is 47.4 Å². The van der Waals surface area contributed by atoms with E-state index in [0.29, 0.717) is 35.4 Å². The number of Topliss-reactive ketones (excluding diaryl/α,β-unsaturated/α-hetero) is 1. The highest BCUT2D eigenvalue weighted by Crippen LogP contribution is 2.52. The van der Waals surface area contributed by atoms with Gasteiger partial charge in [0.05, 0.1) is 18.2 Å². The Morgan fingerprint density at radius 2 is 1.89 bits per heavy atom. The first-order valence-corrected chi connectivity index (χ1v) is 11.7. The number of nitrogens with zero attached hydrogens (tertiary/aromatic N) is 3. The lowest BCUT2D eigenvalue weighted by molar-refractivity contribution is -0.286. The van der Waals surface area contributed by atoms with E-state index in [1.807, 2.05) is 6.07 Å². The van der Waals surface area contributed by atoms with E-state index in [9.17, 15) is 28.4 Å². The Labute approximate surface area is 215 Å². The summed E-state index contributed by atoms with van der Waals surface area (Å²) >= 11 is 0. The molecule has 1 saturated carbocycles. The summed E-state index contributed by atoms with van der Waals surface area (Å²) in [6.07, 6.45) is -1.22. The largest absolute Gasteiger partial charge is 0.586 e. The highest BCUT2D eigenvalue weighted by molar-refractivity contribution is 5.94. The van der Waals surface area contributed by atoms with E-state index in [4.69, 9.17) is 0 Å². The molecule has 0 saturated heterocycles. The maximum atomic E-state index is 13.4. The molecule has 0 radical (unpaired) electrons. The Morgan fingerprint density at radius 3 is 2.58 bits per heavy atom. The zero-order chi connectivity index (χ0) is 27.2. The number of carbonyl (C=O) groups is 2. The van der Waals surface area contributed by atoms with Crippen molar-refractivity contribution in [1.82, 2.24) is 9.55 Å². The van der Waals surface area contributed by atoms with Crippen molar-refractivity contribution in [3.63, 3.8) is 0 Å². The van der Waals surface area contributed by atoms with Crippen molar-refractivity contribution in [2.24, 2.45) is 0 Å². The number of pyridine rings is 2. The number of methoxy groups -OCH3 is 1. The number of alkyl halides is 2. The van der Waals surface area contributed by atoms with Crippen LogP contribution in [0, 0.1) is 18.3 Å². The minimum absolute atomic E-state index is 0.0230. The number of hydrogen-bond acceptors (Lipinski definition) is 8. The van der Waals surface area contributed by atoms with Gasteiger partial charge in [0, 0.05) is 23.9 Å². The second kappa shape index (κ2) is 9.06. The average molecular weight is 521 g/mol. The molecule has 3 aromatic rings. The number of fused-ring (bicyclic) bond motifs is 1. The molecule has 1 aliphatic carbocycles. The number of esters is 1. The van der Waals surface area contributed by atoms with Crippen LogP contribution in [0.1, 0.15) is 35.2 Å². The number of ketones is 1. The van der Waals surface area contributed by atoms with Crippen LogP contribution in [-0.2, 0) is 32.7 Å². The molecule has 9 nitrogen and oxygen atoms in total. The maximum Gasteiger partial charge on any atom is 0.586 e. The molecule has 1 fully saturated rings. The van der Waals surface area contributed by atoms with Gasteiger partial charge in [0.25, 0.3) is 5.56 Å². The predicted octanol–water partition coefficient (Wildman–Crippen LogP) is 3.43. The van der Waals surface area contributed by atoms with Gasteiger partial charge in [0.2, 0.25) is 0 Å². The normalized spacial score (nSPS) is 16.0. The number of rotatable bonds is 7. The number of aromatic nitrogens is 2. The zero-order valence-corrected chi connectivity index (χ0v) is 20.4. The van der Waals surface area contributed by atoms with E-state index in [0.717, 1.165) is 10.1 Å². The van der Waals surface area contributed by atoms with Crippen molar-refractivity contribution < 1.29 is 32.6 Å². The summed E-state index contributed by atoms with van der Waals surface area (Å²) in [6.45, 7) is 1.42. The van der Waals surface area contributed by atoms with Gasteiger partial charge in [-0.3, -0.25) is 19.4 Å². The van der Waals surface area contributed by atoms with Crippen LogP contribution in [0.4, 0.5) is 8.78 Å². The molecule has 5 rings (SSSR count). The molecule has 0 spiro atoms. The van der Waals surface area contributed by atoms with Crippen molar-refractivity contribution >= 4 is 11.8 Å². The summed E-state index contributed by atoms with van der Waals surface area (Å²) in [5, 5.41) is 9.44. The van der Waals surface area contributed by atoms with Gasteiger partial charge < -0.3 is 18.8 Å². The summed E-state index contributed by atoms with van der Waals surface area (Å²) in [5.41, 5.74) is 0.996. The third kappa shape index (κ3) is 4.49. The highest BCUT2D eigenvalue weighted by atomic mass is 19.3. The molecule has 0 atom stereocenters. The number of nitriles is 1. The van der Waals surface area contributed by atoms with Crippen LogP contribution >= 0.6 is 0 Å². The van der Waals surface area contributed by atoms with Gasteiger partial charge in [-0.2, -0.15) is 5.26 Å². The SMILES string of the molecule is COC(=O)Cn1cc(-c2nc(CC(=O)C3(c4ccc5c(c4)OC(F)(F)O5)CC3)ccc2C)cc(C#N)c1=O. The Hall–Kier alpha value is -4.59. The van der Waals surface area contributed by atoms with Gasteiger partial charge in [0.15, 0.2) is 11.5 Å². The van der Waals surface area contributed by atoms with Crippen molar-refractivity contribution in [3.05, 3.63) is 75.3 Å². The molecule has 194 valence electrons. The van der Waals surface area contributed by atoms with Crippen LogP contribution in [0.3, 0.4) is 0 Å². The molecule has 0 unspecified atom stereocenters. The second-order valence-electron chi connectivity index (χ2n) is 9.24. The van der Waals surface area contributed by atoms with E-state index in [1.54, 1.807) is 25.1 Å². The molecule has 3 heterocycles. The van der Waals surface area contributed by atoms with E-state index in [2.05, 4.69) is 19.2 Å². The van der Waals surface area contributed by atoms with Crippen molar-refractivity contribution in [3.8, 4) is 28.8 Å². The predicted molar refractivity (Wildman–Crippen MR) is 128 cm³/mol. The second-order valence-corrected chi connectivity index (χ2v) is 9.24. The number of carbonyl (C=O) groups excluding carboxylic acids is 2. The smallest absolute Gasteiger partial charge is 0.468 e. The Morgan fingerprint density at radius 1 is 1.16 bits per heavy atom. The van der Waals surface area contributed by atoms with E-state index in [-0.39, 0.29) is 35.8 Å². The lowest BCUT2D eigenvalue weighted by atomic mass is 9.88. The number of aryl methyl sites for hydroxylation is 1. The number of halogens is 2. The topological polar surface area (TPSA) is 121 Å². The summed E-state index contributed by atoms with van der Waals surface area (Å²) < 4.78 is 41.6. The fourth-order valence-electron chi connectivity index (χ4n) is 4.56. The van der Waals surface area contributed by atoms with Crippen LogP contribution in [-0.4, -0.2) is 34.7 Å². The molecule has 1 aliphatic heterocycles. The monoisotopic (exact) mass is 521 g/mol. The van der Waals surface area contributed by atoms with Crippen molar-refractivity contribution in [2.75, 3.05) is 7.11 Å². The first-order valence-electron chi connectivity index (χ1n) is 11.7. The van der Waals surface area contributed by atoms with Crippen LogP contribution in [0.25, 0.3) is 11.3 Å². The molecular formula is C27H21F2N3O6. The Balaban J connectivity index is 1.44. The molecule has 0 amide bonds. The van der Waals surface area contributed by atoms with E-state index in [1.165, 1.54) is 31.5 Å². The quantitative estimate of drug-likeness (QED) is 0.434. The first kappa shape index (κ1) is 25.1. The van der Waals surface area contributed by atoms with Crippen LogP contribution < -0.4 is 15.0 Å². The molecule has 38 heavy (non-hydrogen) atoms. The first-order chi connectivity index (χ1) is 18.0. The fourth-order valence-corrected chi connectivity index (χ4v) is 4.56. The van der Waals surface area contributed by atoms with Gasteiger partial charge in [-0.15, -0.1) is 8.78 Å². The number of hydrogen-bond donors (Lipinski definition) is 0. The zero-order valence-electron chi connectivity index (χ0n) is 20.4. The van der Waals surface area contributed by atoms with Crippen LogP contribution in [0.2, 0.25) is 0 Å². The van der Waals surface area contributed by atoms with Crippen molar-refractivity contribution in [2.45, 2.75) is 44.4 Å². The standard InChI is InChI=1S/C27H21F2N3O6/c1-15-3-5-19(31-24(15)17-9-16(12-30)25(35)32(13-17)14-23(34)36-2)11-22(33)26(7-8-26)18-4-6-20-21(10-18)38-27(28,29)37-20/h3-6,9-10,13H,7-8,11,14H2,1-2H3. The fraction of sp³-hybridized carbons (Fsp3) is 0.296. The van der Waals surface area contributed by atoms with Gasteiger partial charge in [0.1, 0.15) is 24.0 Å². The lowest BCUT2D eigenvalue weighted by Gasteiger charge is -2.16. The number of benzene rings is 1. The summed E-state index contributed by atoms with van der Waals surface area (Å²) in [7, 11) is 1.19. The molecule has 0 N–H and O–H groups in total. The summed E-state index contributed by atoms with van der Waals surface area (Å²) in [5.74, 6) is -0.979.